The van der Waals surface area contributed by atoms with Crippen LogP contribution in [0.1, 0.15) is 61.5 Å². The van der Waals surface area contributed by atoms with E-state index < -0.39 is 12.2 Å². The Kier molecular flexibility index (Phi) is 7.52. The molecule has 7 rings (SSSR count). The number of nitrogens with zero attached hydrogens (tertiary/aromatic N) is 2. The Labute approximate surface area is 236 Å². The van der Waals surface area contributed by atoms with Gasteiger partial charge in [0.15, 0.2) is 23.0 Å². The number of aliphatic hydroxyl groups is 2. The Morgan fingerprint density at radius 1 is 0.550 bits per heavy atom. The van der Waals surface area contributed by atoms with Crippen molar-refractivity contribution in [3.05, 3.63) is 47.5 Å². The minimum atomic E-state index is -0.491. The first-order valence-corrected chi connectivity index (χ1v) is 15.3. The maximum Gasteiger partial charge on any atom is 0.164 e. The molecule has 0 amide bonds. The summed E-state index contributed by atoms with van der Waals surface area (Å²) >= 11 is 0. The van der Waals surface area contributed by atoms with Crippen LogP contribution in [0.25, 0.3) is 0 Å². The molecule has 0 aromatic heterocycles. The maximum atomic E-state index is 11.1. The topological polar surface area (TPSA) is 83.9 Å². The van der Waals surface area contributed by atoms with Gasteiger partial charge in [0.2, 0.25) is 0 Å². The Morgan fingerprint density at radius 2 is 0.975 bits per heavy atom. The van der Waals surface area contributed by atoms with E-state index in [0.717, 1.165) is 81.3 Å². The van der Waals surface area contributed by atoms with Crippen molar-refractivity contribution >= 4 is 0 Å². The largest absolute Gasteiger partial charge is 0.486 e. The van der Waals surface area contributed by atoms with Gasteiger partial charge in [0.25, 0.3) is 0 Å². The summed E-state index contributed by atoms with van der Waals surface area (Å²) in [5.41, 5.74) is 2.52. The van der Waals surface area contributed by atoms with Crippen molar-refractivity contribution in [3.63, 3.8) is 0 Å². The lowest BCUT2D eigenvalue weighted by Crippen LogP contribution is -2.59. The first-order valence-electron chi connectivity index (χ1n) is 15.3. The average molecular weight is 551 g/mol. The molecular weight excluding hydrogens is 508 g/mol. The molecule has 2 N–H and O–H groups in total. The normalized spacial score (nSPS) is 30.2. The van der Waals surface area contributed by atoms with E-state index in [1.807, 2.05) is 12.1 Å². The molecule has 0 unspecified atom stereocenters. The van der Waals surface area contributed by atoms with E-state index in [2.05, 4.69) is 34.1 Å². The molecule has 0 bridgehead atoms. The number of fused-ring (bicyclic) bond motifs is 2. The van der Waals surface area contributed by atoms with Crippen molar-refractivity contribution in [3.8, 4) is 23.0 Å². The van der Waals surface area contributed by atoms with Crippen molar-refractivity contribution in [2.24, 2.45) is 0 Å². The molecule has 1 saturated carbocycles. The number of likely N-dealkylation sites (tertiary alicyclic amines) is 2. The van der Waals surface area contributed by atoms with Gasteiger partial charge < -0.3 is 29.2 Å². The van der Waals surface area contributed by atoms with Crippen LogP contribution in [0.2, 0.25) is 0 Å². The van der Waals surface area contributed by atoms with Crippen molar-refractivity contribution in [1.29, 1.82) is 0 Å². The molecule has 2 aromatic rings. The van der Waals surface area contributed by atoms with Gasteiger partial charge in [-0.2, -0.15) is 0 Å². The highest BCUT2D eigenvalue weighted by Crippen LogP contribution is 2.44. The SMILES string of the molecule is O[C@@H]1C[C@@H](O)[C@H](N2CCC(c3cccc4c3OCCO4)CC2)C[C@H]1N1CCC(c2cccc3c2OCCO3)CC1. The molecule has 0 radical (unpaired) electrons. The van der Waals surface area contributed by atoms with Gasteiger partial charge in [0, 0.05) is 29.6 Å². The molecule has 2 saturated heterocycles. The molecule has 0 spiro atoms. The molecule has 3 fully saturated rings. The second-order valence-corrected chi connectivity index (χ2v) is 12.1. The van der Waals surface area contributed by atoms with Gasteiger partial charge in [-0.05, 0) is 82.3 Å². The van der Waals surface area contributed by atoms with E-state index in [0.29, 0.717) is 44.7 Å². The number of hydrogen-bond acceptors (Lipinski definition) is 8. The summed E-state index contributed by atoms with van der Waals surface area (Å²) < 4.78 is 23.6. The fourth-order valence-electron chi connectivity index (χ4n) is 7.83. The Hall–Kier alpha value is -2.52. The third kappa shape index (κ3) is 5.04. The van der Waals surface area contributed by atoms with Gasteiger partial charge in [0.05, 0.1) is 12.2 Å². The summed E-state index contributed by atoms with van der Waals surface area (Å²) in [5.74, 6) is 4.45. The summed E-state index contributed by atoms with van der Waals surface area (Å²) in [5, 5.41) is 22.1. The highest BCUT2D eigenvalue weighted by molar-refractivity contribution is 5.50. The van der Waals surface area contributed by atoms with Crippen LogP contribution >= 0.6 is 0 Å². The van der Waals surface area contributed by atoms with Crippen LogP contribution in [0.3, 0.4) is 0 Å². The molecular formula is C32H42N2O6. The molecule has 4 heterocycles. The molecule has 4 aliphatic heterocycles. The van der Waals surface area contributed by atoms with Gasteiger partial charge in [-0.1, -0.05) is 24.3 Å². The lowest BCUT2D eigenvalue weighted by atomic mass is 9.80. The average Bonchev–Trinajstić information content (AvgIpc) is 3.01. The zero-order valence-electron chi connectivity index (χ0n) is 23.2. The van der Waals surface area contributed by atoms with Gasteiger partial charge >= 0.3 is 0 Å². The summed E-state index contributed by atoms with van der Waals surface area (Å²) in [4.78, 5) is 4.96. The fraction of sp³-hybridized carbons (Fsp3) is 0.625. The number of aliphatic hydroxyl groups excluding tert-OH is 2. The van der Waals surface area contributed by atoms with Crippen molar-refractivity contribution in [2.45, 2.75) is 74.7 Å². The zero-order chi connectivity index (χ0) is 27.1. The number of ether oxygens (including phenoxy) is 4. The molecule has 8 nitrogen and oxygen atoms in total. The Morgan fingerprint density at radius 3 is 1.43 bits per heavy atom. The van der Waals surface area contributed by atoms with E-state index in [1.165, 1.54) is 11.1 Å². The summed E-state index contributed by atoms with van der Waals surface area (Å²) in [6.45, 7) is 6.22. The predicted octanol–water partition coefficient (Wildman–Crippen LogP) is 3.54. The number of benzene rings is 2. The van der Waals surface area contributed by atoms with Crippen LogP contribution in [-0.2, 0) is 0 Å². The highest BCUT2D eigenvalue weighted by atomic mass is 16.6. The lowest BCUT2D eigenvalue weighted by molar-refractivity contribution is -0.0800. The quantitative estimate of drug-likeness (QED) is 0.598. The first-order chi connectivity index (χ1) is 19.7. The van der Waals surface area contributed by atoms with Crippen molar-refractivity contribution in [1.82, 2.24) is 9.80 Å². The zero-order valence-corrected chi connectivity index (χ0v) is 23.2. The third-order valence-electron chi connectivity index (χ3n) is 9.92. The van der Waals surface area contributed by atoms with Gasteiger partial charge in [-0.25, -0.2) is 0 Å². The van der Waals surface area contributed by atoms with E-state index in [4.69, 9.17) is 18.9 Å². The van der Waals surface area contributed by atoms with Crippen molar-refractivity contribution in [2.75, 3.05) is 52.6 Å². The molecule has 1 aliphatic carbocycles. The Bertz CT molecular complexity index is 1090. The third-order valence-corrected chi connectivity index (χ3v) is 9.92. The fourth-order valence-corrected chi connectivity index (χ4v) is 7.83. The molecule has 2 aromatic carbocycles. The van der Waals surface area contributed by atoms with Gasteiger partial charge in [0.1, 0.15) is 26.4 Å². The smallest absolute Gasteiger partial charge is 0.164 e. The summed E-state index contributed by atoms with van der Waals surface area (Å²) in [6, 6.07) is 12.7. The molecule has 4 atom stereocenters. The van der Waals surface area contributed by atoms with E-state index in [-0.39, 0.29) is 12.1 Å². The Balaban J connectivity index is 0.977. The van der Waals surface area contributed by atoms with E-state index >= 15 is 0 Å². The number of rotatable bonds is 4. The predicted molar refractivity (Wildman–Crippen MR) is 151 cm³/mol. The second kappa shape index (κ2) is 11.4. The van der Waals surface area contributed by atoms with E-state index in [1.54, 1.807) is 0 Å². The van der Waals surface area contributed by atoms with Crippen LogP contribution < -0.4 is 18.9 Å². The number of para-hydroxylation sites is 2. The summed E-state index contributed by atoms with van der Waals surface area (Å²) in [7, 11) is 0. The molecule has 216 valence electrons. The van der Waals surface area contributed by atoms with Crippen LogP contribution in [0.4, 0.5) is 0 Å². The van der Waals surface area contributed by atoms with Gasteiger partial charge in [-0.15, -0.1) is 0 Å². The minimum absolute atomic E-state index is 0.0861. The summed E-state index contributed by atoms with van der Waals surface area (Å²) in [6.07, 6.45) is 4.42. The monoisotopic (exact) mass is 550 g/mol. The van der Waals surface area contributed by atoms with E-state index in [9.17, 15) is 10.2 Å². The second-order valence-electron chi connectivity index (χ2n) is 12.1. The van der Waals surface area contributed by atoms with Crippen molar-refractivity contribution < 1.29 is 29.2 Å². The van der Waals surface area contributed by atoms with Gasteiger partial charge in [-0.3, -0.25) is 9.80 Å². The first kappa shape index (κ1) is 26.4. The molecule has 40 heavy (non-hydrogen) atoms. The van der Waals surface area contributed by atoms with Crippen LogP contribution in [0.15, 0.2) is 36.4 Å². The number of piperidine rings is 2. The minimum Gasteiger partial charge on any atom is -0.486 e. The molecule has 8 heteroatoms. The standard InChI is InChI=1S/C32H42N2O6/c35-27-20-28(36)26(34-13-9-22(10-14-34)24-4-2-6-30-32(24)40-18-16-38-30)19-25(27)33-11-7-21(8-12-33)23-3-1-5-29-31(23)39-17-15-37-29/h1-6,21-22,25-28,35-36H,7-20H2/t25-,26-,27-,28-/m1/s1. The lowest BCUT2D eigenvalue weighted by Gasteiger charge is -2.49. The molecule has 5 aliphatic rings. The van der Waals surface area contributed by atoms with Crippen LogP contribution in [0, 0.1) is 0 Å². The highest BCUT2D eigenvalue weighted by Gasteiger charge is 2.43. The number of hydrogen-bond donors (Lipinski definition) is 2. The van der Waals surface area contributed by atoms with Crippen LogP contribution in [0.5, 0.6) is 23.0 Å². The van der Waals surface area contributed by atoms with Crippen LogP contribution in [-0.4, -0.2) is 96.9 Å². The maximum absolute atomic E-state index is 11.1.